The van der Waals surface area contributed by atoms with Crippen molar-refractivity contribution < 1.29 is 14.4 Å². The SMILES string of the molecule is O=P(O)(O)c1nc(Cl)nc(Cl)n1. The number of hydrogen-bond acceptors (Lipinski definition) is 4. The Balaban J connectivity index is 3.27. The lowest BCUT2D eigenvalue weighted by atomic mass is 11.1. The molecule has 0 radical (unpaired) electrons. The zero-order valence-corrected chi connectivity index (χ0v) is 7.75. The third-order valence-electron chi connectivity index (χ3n) is 0.830. The zero-order valence-electron chi connectivity index (χ0n) is 5.35. The van der Waals surface area contributed by atoms with Gasteiger partial charge in [-0.25, -0.2) is 0 Å². The van der Waals surface area contributed by atoms with Gasteiger partial charge in [-0.05, 0) is 23.2 Å². The Morgan fingerprint density at radius 2 is 1.50 bits per heavy atom. The van der Waals surface area contributed by atoms with Crippen LogP contribution in [0.15, 0.2) is 0 Å². The van der Waals surface area contributed by atoms with Gasteiger partial charge in [-0.1, -0.05) is 0 Å². The summed E-state index contributed by atoms with van der Waals surface area (Å²) in [7, 11) is -4.50. The molecule has 1 heterocycles. The minimum absolute atomic E-state index is 0.353. The number of rotatable bonds is 1. The van der Waals surface area contributed by atoms with Crippen LogP contribution >= 0.6 is 30.8 Å². The largest absolute Gasteiger partial charge is 0.393 e. The molecule has 0 fully saturated rings. The quantitative estimate of drug-likeness (QED) is 0.658. The van der Waals surface area contributed by atoms with Gasteiger partial charge in [0.05, 0.1) is 0 Å². The summed E-state index contributed by atoms with van der Waals surface area (Å²) in [5.74, 6) is 0. The van der Waals surface area contributed by atoms with Crippen molar-refractivity contribution in [2.45, 2.75) is 0 Å². The summed E-state index contributed by atoms with van der Waals surface area (Å²) in [6.07, 6.45) is 0. The standard InChI is InChI=1S/C3H2Cl2N3O3P/c4-1-6-2(5)8-3(7-1)12(9,10)11/h(H2,9,10,11). The lowest BCUT2D eigenvalue weighted by Gasteiger charge is -2.00. The number of halogens is 2. The second kappa shape index (κ2) is 3.24. The fraction of sp³-hybridized carbons (Fsp3) is 0. The molecule has 0 aliphatic carbocycles. The summed E-state index contributed by atoms with van der Waals surface area (Å²) < 4.78 is 10.6. The Kier molecular flexibility index (Phi) is 2.65. The first kappa shape index (κ1) is 9.83. The van der Waals surface area contributed by atoms with Gasteiger partial charge in [0, 0.05) is 0 Å². The van der Waals surface area contributed by atoms with Gasteiger partial charge in [0.2, 0.25) is 16.1 Å². The summed E-state index contributed by atoms with van der Waals surface area (Å²) in [5.41, 5.74) is -0.729. The van der Waals surface area contributed by atoms with Crippen molar-refractivity contribution in [3.05, 3.63) is 10.6 Å². The molecule has 12 heavy (non-hydrogen) atoms. The van der Waals surface area contributed by atoms with E-state index in [4.69, 9.17) is 33.0 Å². The average Bonchev–Trinajstić information content (AvgIpc) is 1.82. The van der Waals surface area contributed by atoms with Gasteiger partial charge < -0.3 is 9.79 Å². The first-order valence-electron chi connectivity index (χ1n) is 2.53. The molecule has 9 heteroatoms. The van der Waals surface area contributed by atoms with Crippen LogP contribution in [0.5, 0.6) is 0 Å². The maximum Gasteiger partial charge on any atom is 0.393 e. The highest BCUT2D eigenvalue weighted by Crippen LogP contribution is 2.31. The predicted molar refractivity (Wildman–Crippen MR) is 41.5 cm³/mol. The fourth-order valence-corrected chi connectivity index (χ4v) is 1.38. The number of nitrogens with zero attached hydrogens (tertiary/aromatic N) is 3. The molecule has 0 saturated heterocycles. The molecule has 0 unspecified atom stereocenters. The minimum Gasteiger partial charge on any atom is -0.319 e. The van der Waals surface area contributed by atoms with Gasteiger partial charge >= 0.3 is 7.60 Å². The molecule has 0 saturated carbocycles. The van der Waals surface area contributed by atoms with Crippen LogP contribution in [-0.2, 0) is 4.57 Å². The van der Waals surface area contributed by atoms with E-state index in [9.17, 15) is 4.57 Å². The van der Waals surface area contributed by atoms with E-state index in [2.05, 4.69) is 15.0 Å². The summed E-state index contributed by atoms with van der Waals surface area (Å²) in [4.78, 5) is 26.9. The molecule has 0 atom stereocenters. The molecule has 2 N–H and O–H groups in total. The van der Waals surface area contributed by atoms with Gasteiger partial charge in [0.1, 0.15) is 0 Å². The Hall–Kier alpha value is -0.260. The molecule has 0 bridgehead atoms. The molecule has 0 aromatic carbocycles. The van der Waals surface area contributed by atoms with Crippen LogP contribution < -0.4 is 5.57 Å². The van der Waals surface area contributed by atoms with Crippen LogP contribution in [0.1, 0.15) is 0 Å². The van der Waals surface area contributed by atoms with Crippen molar-refractivity contribution in [3.63, 3.8) is 0 Å². The smallest absolute Gasteiger partial charge is 0.319 e. The number of aromatic nitrogens is 3. The van der Waals surface area contributed by atoms with E-state index in [0.29, 0.717) is 0 Å². The van der Waals surface area contributed by atoms with Gasteiger partial charge in [-0.3, -0.25) is 4.57 Å². The van der Waals surface area contributed by atoms with E-state index in [-0.39, 0.29) is 10.6 Å². The Labute approximate surface area is 76.7 Å². The molecule has 0 aliphatic rings. The van der Waals surface area contributed by atoms with Crippen molar-refractivity contribution in [3.8, 4) is 0 Å². The van der Waals surface area contributed by atoms with Crippen LogP contribution in [0, 0.1) is 0 Å². The molecule has 0 amide bonds. The Morgan fingerprint density at radius 3 is 1.83 bits per heavy atom. The molecule has 0 spiro atoms. The third kappa shape index (κ3) is 2.36. The van der Waals surface area contributed by atoms with Crippen molar-refractivity contribution in [1.82, 2.24) is 15.0 Å². The monoisotopic (exact) mass is 229 g/mol. The average molecular weight is 230 g/mol. The Bertz CT molecular complexity index is 332. The second-order valence-electron chi connectivity index (χ2n) is 1.72. The van der Waals surface area contributed by atoms with Crippen molar-refractivity contribution >= 4 is 36.4 Å². The molecule has 1 aromatic heterocycles. The first-order chi connectivity index (χ1) is 5.39. The third-order valence-corrected chi connectivity index (χ3v) is 1.89. The zero-order chi connectivity index (χ0) is 9.35. The lowest BCUT2D eigenvalue weighted by Crippen LogP contribution is -2.15. The van der Waals surface area contributed by atoms with Gasteiger partial charge in [-0.15, -0.1) is 0 Å². The molecule has 1 aromatic rings. The molecular formula is C3H2Cl2N3O3P. The molecule has 1 rings (SSSR count). The minimum atomic E-state index is -4.50. The van der Waals surface area contributed by atoms with Crippen LogP contribution in [0.25, 0.3) is 0 Å². The highest BCUT2D eigenvalue weighted by atomic mass is 35.5. The van der Waals surface area contributed by atoms with Gasteiger partial charge in [-0.2, -0.15) is 15.0 Å². The Morgan fingerprint density at radius 1 is 1.08 bits per heavy atom. The van der Waals surface area contributed by atoms with Gasteiger partial charge in [0.25, 0.3) is 0 Å². The van der Waals surface area contributed by atoms with Crippen molar-refractivity contribution in [1.29, 1.82) is 0 Å². The van der Waals surface area contributed by atoms with Crippen LogP contribution in [0.3, 0.4) is 0 Å². The molecule has 0 aliphatic heterocycles. The molecule has 6 nitrogen and oxygen atoms in total. The predicted octanol–water partition coefficient (Wildman–Crippen LogP) is -0.0186. The topological polar surface area (TPSA) is 96.2 Å². The van der Waals surface area contributed by atoms with E-state index < -0.39 is 13.2 Å². The summed E-state index contributed by atoms with van der Waals surface area (Å²) in [5, 5.41) is -0.707. The van der Waals surface area contributed by atoms with E-state index in [0.717, 1.165) is 0 Å². The van der Waals surface area contributed by atoms with Crippen molar-refractivity contribution in [2.75, 3.05) is 0 Å². The number of hydrogen-bond donors (Lipinski definition) is 2. The normalized spacial score (nSPS) is 11.7. The highest BCUT2D eigenvalue weighted by molar-refractivity contribution is 7.59. The molecular weight excluding hydrogens is 228 g/mol. The van der Waals surface area contributed by atoms with E-state index >= 15 is 0 Å². The fourth-order valence-electron chi connectivity index (χ4n) is 0.446. The van der Waals surface area contributed by atoms with E-state index in [1.54, 1.807) is 0 Å². The van der Waals surface area contributed by atoms with Crippen molar-refractivity contribution in [2.24, 2.45) is 0 Å². The van der Waals surface area contributed by atoms with Gasteiger partial charge in [0.15, 0.2) is 0 Å². The lowest BCUT2D eigenvalue weighted by molar-refractivity contribution is 0.385. The highest BCUT2D eigenvalue weighted by Gasteiger charge is 2.22. The van der Waals surface area contributed by atoms with Crippen LogP contribution in [0.2, 0.25) is 10.6 Å². The van der Waals surface area contributed by atoms with E-state index in [1.807, 2.05) is 0 Å². The summed E-state index contributed by atoms with van der Waals surface area (Å²) in [6, 6.07) is 0. The summed E-state index contributed by atoms with van der Waals surface area (Å²) in [6.45, 7) is 0. The van der Waals surface area contributed by atoms with E-state index in [1.165, 1.54) is 0 Å². The van der Waals surface area contributed by atoms with Crippen LogP contribution in [-0.4, -0.2) is 24.7 Å². The maximum absolute atomic E-state index is 10.6. The van der Waals surface area contributed by atoms with Crippen LogP contribution in [0.4, 0.5) is 0 Å². The maximum atomic E-state index is 10.6. The first-order valence-corrected chi connectivity index (χ1v) is 4.89. The summed E-state index contributed by atoms with van der Waals surface area (Å²) >= 11 is 10.5. The second-order valence-corrected chi connectivity index (χ2v) is 3.88. The molecule has 66 valence electrons.